The van der Waals surface area contributed by atoms with Gasteiger partial charge >= 0.3 is 11.3 Å². The van der Waals surface area contributed by atoms with Crippen molar-refractivity contribution in [1.82, 2.24) is 10.1 Å². The van der Waals surface area contributed by atoms with Crippen LogP contribution in [0.15, 0.2) is 58.5 Å². The van der Waals surface area contributed by atoms with Crippen LogP contribution in [0.25, 0.3) is 11.3 Å². The summed E-state index contributed by atoms with van der Waals surface area (Å²) in [7, 11) is 1.61. The first kappa shape index (κ1) is 19.2. The molecule has 1 N–H and O–H groups in total. The summed E-state index contributed by atoms with van der Waals surface area (Å²) >= 11 is 1.34. The van der Waals surface area contributed by atoms with Gasteiger partial charge in [0.15, 0.2) is 0 Å². The zero-order chi connectivity index (χ0) is 20.5. The maximum Gasteiger partial charge on any atom is 0.325 e. The van der Waals surface area contributed by atoms with Gasteiger partial charge in [-0.2, -0.15) is 0 Å². The number of carbonyl (C=O) groups is 1. The number of methoxy groups -OCH3 is 1. The van der Waals surface area contributed by atoms with Gasteiger partial charge in [-0.3, -0.25) is 14.6 Å². The summed E-state index contributed by atoms with van der Waals surface area (Å²) in [6, 6.07) is 14.9. The van der Waals surface area contributed by atoms with Crippen molar-refractivity contribution in [2.24, 2.45) is 0 Å². The second-order valence-electron chi connectivity index (χ2n) is 6.54. The van der Waals surface area contributed by atoms with E-state index in [-0.39, 0.29) is 11.5 Å². The normalized spacial score (nSPS) is 14.9. The molecule has 1 amide bonds. The molecule has 1 atom stereocenters. The summed E-state index contributed by atoms with van der Waals surface area (Å²) < 4.78 is 6.93. The van der Waals surface area contributed by atoms with Gasteiger partial charge < -0.3 is 4.74 Å². The maximum atomic E-state index is 13.1. The number of H-pyrrole nitrogens is 1. The highest BCUT2D eigenvalue weighted by atomic mass is 32.2. The molecule has 8 heteroatoms. The third-order valence-electron chi connectivity index (χ3n) is 4.94. The second kappa shape index (κ2) is 7.71. The van der Waals surface area contributed by atoms with Gasteiger partial charge in [0.25, 0.3) is 6.17 Å². The first-order valence-electron chi connectivity index (χ1n) is 9.24. The molecule has 29 heavy (non-hydrogen) atoms. The highest BCUT2D eigenvalue weighted by Gasteiger charge is 2.45. The molecule has 0 aliphatic carbocycles. The molecule has 0 fully saturated rings. The van der Waals surface area contributed by atoms with Crippen LogP contribution in [-0.4, -0.2) is 29.4 Å². The summed E-state index contributed by atoms with van der Waals surface area (Å²) in [5.41, 5.74) is 2.40. The molecule has 1 aliphatic rings. The molecule has 0 radical (unpaired) electrons. The van der Waals surface area contributed by atoms with E-state index >= 15 is 0 Å². The molecule has 2 heterocycles. The molecule has 0 unspecified atom stereocenters. The molecular formula is C21H21N4O3S+. The third-order valence-corrected chi connectivity index (χ3v) is 5.51. The van der Waals surface area contributed by atoms with Crippen LogP contribution in [0.3, 0.4) is 0 Å². The minimum absolute atomic E-state index is 0.0517. The highest BCUT2D eigenvalue weighted by Crippen LogP contribution is 2.37. The zero-order valence-electron chi connectivity index (χ0n) is 16.4. The van der Waals surface area contributed by atoms with Crippen LogP contribution in [-0.2, 0) is 4.79 Å². The Morgan fingerprint density at radius 3 is 2.62 bits per heavy atom. The number of carbonyl (C=O) groups excluding carboxylic acids is 1. The minimum Gasteiger partial charge on any atom is -0.497 e. The molecule has 0 bridgehead atoms. The molecule has 3 aromatic rings. The second-order valence-corrected chi connectivity index (χ2v) is 7.33. The molecule has 148 valence electrons. The van der Waals surface area contributed by atoms with Gasteiger partial charge in [-0.05, 0) is 47.3 Å². The van der Waals surface area contributed by atoms with E-state index in [0.29, 0.717) is 34.3 Å². The van der Waals surface area contributed by atoms with Crippen molar-refractivity contribution in [3.8, 4) is 17.0 Å². The number of benzene rings is 2. The Hall–Kier alpha value is -3.13. The van der Waals surface area contributed by atoms with E-state index in [1.54, 1.807) is 16.7 Å². The molecule has 1 aliphatic heterocycles. The predicted molar refractivity (Wildman–Crippen MR) is 111 cm³/mol. The van der Waals surface area contributed by atoms with Crippen LogP contribution in [0.2, 0.25) is 0 Å². The van der Waals surface area contributed by atoms with Crippen molar-refractivity contribution in [2.75, 3.05) is 18.3 Å². The van der Waals surface area contributed by atoms with Gasteiger partial charge in [0, 0.05) is 17.1 Å². The van der Waals surface area contributed by atoms with E-state index in [2.05, 4.69) is 10.1 Å². The van der Waals surface area contributed by atoms with E-state index in [4.69, 9.17) is 4.74 Å². The summed E-state index contributed by atoms with van der Waals surface area (Å²) in [4.78, 5) is 30.6. The van der Waals surface area contributed by atoms with E-state index in [1.165, 1.54) is 11.8 Å². The van der Waals surface area contributed by atoms with Crippen LogP contribution < -0.4 is 19.9 Å². The molecule has 4 rings (SSSR count). The number of thioether (sulfide) groups is 1. The fourth-order valence-electron chi connectivity index (χ4n) is 3.58. The number of rotatable bonds is 4. The number of hydrogen-bond donors (Lipinski definition) is 1. The number of nitrogens with zero attached hydrogens (tertiary/aromatic N) is 3. The fourth-order valence-corrected chi connectivity index (χ4v) is 3.94. The average molecular weight is 409 g/mol. The first-order chi connectivity index (χ1) is 14.1. The van der Waals surface area contributed by atoms with Gasteiger partial charge in [0.05, 0.1) is 18.4 Å². The number of fused-ring (bicyclic) bond motifs is 3. The molecule has 0 saturated heterocycles. The minimum atomic E-state index is -0.577. The van der Waals surface area contributed by atoms with Gasteiger partial charge in [-0.25, -0.2) is 4.90 Å². The fraction of sp³-hybridized carbons (Fsp3) is 0.238. The number of amides is 1. The van der Waals surface area contributed by atoms with Gasteiger partial charge in [0.1, 0.15) is 5.75 Å². The zero-order valence-corrected chi connectivity index (χ0v) is 17.2. The van der Waals surface area contributed by atoms with Crippen LogP contribution in [0.5, 0.6) is 5.75 Å². The third kappa shape index (κ3) is 3.19. The lowest BCUT2D eigenvalue weighted by molar-refractivity contribution is -0.763. The molecular weight excluding hydrogens is 388 g/mol. The van der Waals surface area contributed by atoms with Crippen LogP contribution >= 0.6 is 11.8 Å². The van der Waals surface area contributed by atoms with Crippen molar-refractivity contribution in [2.45, 2.75) is 24.7 Å². The number of nitrogens with one attached hydrogen (secondary N) is 1. The number of ether oxygens (including phenoxy) is 1. The Bertz CT molecular complexity index is 1130. The van der Waals surface area contributed by atoms with E-state index in [0.717, 1.165) is 5.56 Å². The molecule has 0 saturated carbocycles. The number of anilines is 1. The van der Waals surface area contributed by atoms with Gasteiger partial charge in [-0.1, -0.05) is 30.8 Å². The number of aromatic amines is 1. The number of aromatic nitrogens is 3. The van der Waals surface area contributed by atoms with Crippen LogP contribution in [0.1, 0.15) is 25.1 Å². The van der Waals surface area contributed by atoms with Crippen molar-refractivity contribution in [3.05, 3.63) is 64.4 Å². The lowest BCUT2D eigenvalue weighted by Gasteiger charge is -2.32. The SMILES string of the molecule is CCC(=O)N1c2ccccc2-c2c(=O)[nH]c(SC)n[n+]2[C@@H]1c1ccc(OC)cc1. The monoisotopic (exact) mass is 409 g/mol. The summed E-state index contributed by atoms with van der Waals surface area (Å²) in [5, 5.41) is 5.14. The van der Waals surface area contributed by atoms with Crippen molar-refractivity contribution >= 4 is 23.4 Å². The summed E-state index contributed by atoms with van der Waals surface area (Å²) in [6.07, 6.45) is 1.60. The Kier molecular flexibility index (Phi) is 5.10. The van der Waals surface area contributed by atoms with Crippen molar-refractivity contribution < 1.29 is 14.2 Å². The number of hydrogen-bond acceptors (Lipinski definition) is 5. The predicted octanol–water partition coefficient (Wildman–Crippen LogP) is 2.76. The number of para-hydroxylation sites is 1. The molecule has 2 aromatic carbocycles. The summed E-state index contributed by atoms with van der Waals surface area (Å²) in [5.74, 6) is 0.663. The quantitative estimate of drug-likeness (QED) is 0.530. The average Bonchev–Trinajstić information content (AvgIpc) is 2.77. The lowest BCUT2D eigenvalue weighted by atomic mass is 10.0. The van der Waals surface area contributed by atoms with Crippen molar-refractivity contribution in [1.29, 1.82) is 0 Å². The summed E-state index contributed by atoms with van der Waals surface area (Å²) in [6.45, 7) is 1.83. The van der Waals surface area contributed by atoms with Gasteiger partial charge in [0.2, 0.25) is 11.1 Å². The maximum absolute atomic E-state index is 13.1. The Morgan fingerprint density at radius 1 is 1.24 bits per heavy atom. The Balaban J connectivity index is 2.05. The largest absolute Gasteiger partial charge is 0.497 e. The van der Waals surface area contributed by atoms with E-state index in [9.17, 15) is 9.59 Å². The highest BCUT2D eigenvalue weighted by molar-refractivity contribution is 7.98. The van der Waals surface area contributed by atoms with Crippen LogP contribution in [0.4, 0.5) is 5.69 Å². The topological polar surface area (TPSA) is 79.2 Å². The Labute approximate surface area is 172 Å². The first-order valence-corrected chi connectivity index (χ1v) is 10.5. The molecule has 0 spiro atoms. The van der Waals surface area contributed by atoms with Crippen molar-refractivity contribution in [3.63, 3.8) is 0 Å². The standard InChI is InChI=1S/C21H20N4O3S/c1-4-17(26)24-16-8-6-5-7-15(16)18-19(27)22-21(29-3)23-25(18)20(24)13-9-11-14(28-2)12-10-13/h5-12,20H,4H2,1-3H3/p+1/t20-/m1/s1. The van der Waals surface area contributed by atoms with Gasteiger partial charge in [-0.15, -0.1) is 0 Å². The smallest absolute Gasteiger partial charge is 0.325 e. The van der Waals surface area contributed by atoms with E-state index < -0.39 is 6.17 Å². The molecule has 1 aromatic heterocycles. The Morgan fingerprint density at radius 2 is 1.97 bits per heavy atom. The molecule has 7 nitrogen and oxygen atoms in total. The van der Waals surface area contributed by atoms with E-state index in [1.807, 2.05) is 61.7 Å². The lowest BCUT2D eigenvalue weighted by Crippen LogP contribution is -2.60. The van der Waals surface area contributed by atoms with Crippen LogP contribution in [0, 0.1) is 0 Å².